The van der Waals surface area contributed by atoms with E-state index in [1.54, 1.807) is 30.6 Å². The first-order chi connectivity index (χ1) is 10.2. The standard InChI is InChI=1S/C14H10Cl2N4O/c15-9-3-13(16)14(19-6-9)20-7-12(8-20)21-11-1-2-18-10(4-11)5-17/h1-4,6,12H,7-8H2. The number of hydrogen-bond donors (Lipinski definition) is 0. The van der Waals surface area contributed by atoms with Crippen LogP contribution in [0.5, 0.6) is 5.75 Å². The lowest BCUT2D eigenvalue weighted by Gasteiger charge is -2.40. The van der Waals surface area contributed by atoms with E-state index < -0.39 is 0 Å². The summed E-state index contributed by atoms with van der Waals surface area (Å²) in [4.78, 5) is 10.1. The molecular weight excluding hydrogens is 311 g/mol. The van der Waals surface area contributed by atoms with Crippen molar-refractivity contribution in [2.45, 2.75) is 6.10 Å². The van der Waals surface area contributed by atoms with Crippen LogP contribution in [0.15, 0.2) is 30.6 Å². The molecular formula is C14H10Cl2N4O. The molecule has 2 aromatic heterocycles. The Morgan fingerprint density at radius 3 is 2.81 bits per heavy atom. The van der Waals surface area contributed by atoms with E-state index in [-0.39, 0.29) is 6.10 Å². The van der Waals surface area contributed by atoms with Crippen molar-refractivity contribution in [2.24, 2.45) is 0 Å². The smallest absolute Gasteiger partial charge is 0.147 e. The van der Waals surface area contributed by atoms with E-state index >= 15 is 0 Å². The molecule has 0 amide bonds. The Morgan fingerprint density at radius 1 is 1.29 bits per heavy atom. The van der Waals surface area contributed by atoms with Crippen LogP contribution in [-0.4, -0.2) is 29.2 Å². The maximum Gasteiger partial charge on any atom is 0.147 e. The monoisotopic (exact) mass is 320 g/mol. The Labute approximate surface area is 131 Å². The van der Waals surface area contributed by atoms with E-state index in [1.807, 2.05) is 11.0 Å². The molecule has 0 unspecified atom stereocenters. The molecule has 0 aromatic carbocycles. The highest BCUT2D eigenvalue weighted by Crippen LogP contribution is 2.30. The van der Waals surface area contributed by atoms with E-state index in [4.69, 9.17) is 33.2 Å². The van der Waals surface area contributed by atoms with Gasteiger partial charge < -0.3 is 9.64 Å². The van der Waals surface area contributed by atoms with Crippen molar-refractivity contribution < 1.29 is 4.74 Å². The summed E-state index contributed by atoms with van der Waals surface area (Å²) in [6.45, 7) is 1.36. The summed E-state index contributed by atoms with van der Waals surface area (Å²) in [5.41, 5.74) is 0.339. The summed E-state index contributed by atoms with van der Waals surface area (Å²) in [6, 6.07) is 7.01. The minimum absolute atomic E-state index is 0.0347. The third-order valence-electron chi connectivity index (χ3n) is 3.08. The highest BCUT2D eigenvalue weighted by Gasteiger charge is 2.31. The highest BCUT2D eigenvalue weighted by atomic mass is 35.5. The number of halogens is 2. The molecule has 3 rings (SSSR count). The van der Waals surface area contributed by atoms with Crippen LogP contribution in [0.3, 0.4) is 0 Å². The first kappa shape index (κ1) is 13.9. The maximum absolute atomic E-state index is 8.80. The zero-order chi connectivity index (χ0) is 14.8. The number of aromatic nitrogens is 2. The Bertz CT molecular complexity index is 710. The summed E-state index contributed by atoms with van der Waals surface area (Å²) in [5.74, 6) is 1.34. The number of anilines is 1. The molecule has 5 nitrogen and oxygen atoms in total. The van der Waals surface area contributed by atoms with E-state index in [9.17, 15) is 0 Å². The van der Waals surface area contributed by atoms with Gasteiger partial charge in [-0.25, -0.2) is 9.97 Å². The Kier molecular flexibility index (Phi) is 3.82. The molecule has 3 heterocycles. The van der Waals surface area contributed by atoms with Crippen LogP contribution in [0, 0.1) is 11.3 Å². The van der Waals surface area contributed by atoms with Crippen LogP contribution in [0.2, 0.25) is 10.0 Å². The zero-order valence-electron chi connectivity index (χ0n) is 10.8. The van der Waals surface area contributed by atoms with Crippen LogP contribution in [-0.2, 0) is 0 Å². The lowest BCUT2D eigenvalue weighted by Crippen LogP contribution is -2.54. The van der Waals surface area contributed by atoms with Gasteiger partial charge in [-0.15, -0.1) is 0 Å². The van der Waals surface area contributed by atoms with Gasteiger partial charge in [0.2, 0.25) is 0 Å². The summed E-state index contributed by atoms with van der Waals surface area (Å²) >= 11 is 11.9. The van der Waals surface area contributed by atoms with Crippen molar-refractivity contribution >= 4 is 29.0 Å². The molecule has 1 aliphatic heterocycles. The van der Waals surface area contributed by atoms with Gasteiger partial charge in [-0.2, -0.15) is 5.26 Å². The number of nitrogens with zero attached hydrogens (tertiary/aromatic N) is 4. The molecule has 1 aliphatic rings. The maximum atomic E-state index is 8.80. The van der Waals surface area contributed by atoms with Gasteiger partial charge in [0.1, 0.15) is 29.4 Å². The van der Waals surface area contributed by atoms with E-state index in [0.29, 0.717) is 40.4 Å². The third kappa shape index (κ3) is 3.02. The Hall–Kier alpha value is -2.03. The van der Waals surface area contributed by atoms with E-state index in [1.165, 1.54) is 0 Å². The summed E-state index contributed by atoms with van der Waals surface area (Å²) in [5, 5.41) is 9.84. The van der Waals surface area contributed by atoms with Gasteiger partial charge in [0.05, 0.1) is 23.1 Å². The van der Waals surface area contributed by atoms with Crippen LogP contribution < -0.4 is 9.64 Å². The second-order valence-electron chi connectivity index (χ2n) is 4.59. The topological polar surface area (TPSA) is 62.0 Å². The molecule has 0 aliphatic carbocycles. The lowest BCUT2D eigenvalue weighted by molar-refractivity contribution is 0.166. The van der Waals surface area contributed by atoms with Crippen LogP contribution in [0.25, 0.3) is 0 Å². The first-order valence-electron chi connectivity index (χ1n) is 6.24. The molecule has 0 spiro atoms. The van der Waals surface area contributed by atoms with Gasteiger partial charge in [-0.05, 0) is 12.1 Å². The van der Waals surface area contributed by atoms with Crippen LogP contribution in [0.4, 0.5) is 5.82 Å². The molecule has 2 aromatic rings. The quantitative estimate of drug-likeness (QED) is 0.870. The second-order valence-corrected chi connectivity index (χ2v) is 5.44. The normalized spacial score (nSPS) is 14.4. The summed E-state index contributed by atoms with van der Waals surface area (Å²) in [6.07, 6.45) is 3.16. The highest BCUT2D eigenvalue weighted by molar-refractivity contribution is 6.36. The van der Waals surface area contributed by atoms with Gasteiger partial charge in [-0.3, -0.25) is 0 Å². The number of pyridine rings is 2. The van der Waals surface area contributed by atoms with Gasteiger partial charge in [0.25, 0.3) is 0 Å². The largest absolute Gasteiger partial charge is 0.487 e. The Balaban J connectivity index is 1.62. The average Bonchev–Trinajstić information content (AvgIpc) is 2.44. The molecule has 1 saturated heterocycles. The molecule has 0 bridgehead atoms. The van der Waals surface area contributed by atoms with Gasteiger partial charge in [0.15, 0.2) is 0 Å². The fourth-order valence-corrected chi connectivity index (χ4v) is 2.56. The molecule has 7 heteroatoms. The molecule has 0 radical (unpaired) electrons. The van der Waals surface area contributed by atoms with E-state index in [2.05, 4.69) is 9.97 Å². The van der Waals surface area contributed by atoms with E-state index in [0.717, 1.165) is 0 Å². The lowest BCUT2D eigenvalue weighted by atomic mass is 10.1. The fourth-order valence-electron chi connectivity index (χ4n) is 2.06. The third-order valence-corrected chi connectivity index (χ3v) is 3.57. The molecule has 0 N–H and O–H groups in total. The number of hydrogen-bond acceptors (Lipinski definition) is 5. The number of nitriles is 1. The molecule has 21 heavy (non-hydrogen) atoms. The minimum atomic E-state index is 0.0347. The molecule has 0 saturated carbocycles. The van der Waals surface area contributed by atoms with Crippen molar-refractivity contribution in [1.29, 1.82) is 5.26 Å². The summed E-state index contributed by atoms with van der Waals surface area (Å²) < 4.78 is 5.78. The number of ether oxygens (including phenoxy) is 1. The van der Waals surface area contributed by atoms with Crippen molar-refractivity contribution in [3.63, 3.8) is 0 Å². The van der Waals surface area contributed by atoms with Gasteiger partial charge in [0, 0.05) is 18.5 Å². The SMILES string of the molecule is N#Cc1cc(OC2CN(c3ncc(Cl)cc3Cl)C2)ccn1. The predicted molar refractivity (Wildman–Crippen MR) is 79.8 cm³/mol. The zero-order valence-corrected chi connectivity index (χ0v) is 12.3. The number of rotatable bonds is 3. The van der Waals surface area contributed by atoms with Crippen molar-refractivity contribution in [3.05, 3.63) is 46.3 Å². The predicted octanol–water partition coefficient (Wildman–Crippen LogP) is 2.92. The van der Waals surface area contributed by atoms with Gasteiger partial charge >= 0.3 is 0 Å². The molecule has 1 fully saturated rings. The second kappa shape index (κ2) is 5.76. The van der Waals surface area contributed by atoms with Crippen LogP contribution in [0.1, 0.15) is 5.69 Å². The van der Waals surface area contributed by atoms with Crippen molar-refractivity contribution in [1.82, 2.24) is 9.97 Å². The van der Waals surface area contributed by atoms with Crippen molar-refractivity contribution in [2.75, 3.05) is 18.0 Å². The van der Waals surface area contributed by atoms with Gasteiger partial charge in [-0.1, -0.05) is 23.2 Å². The average molecular weight is 321 g/mol. The summed E-state index contributed by atoms with van der Waals surface area (Å²) in [7, 11) is 0. The fraction of sp³-hybridized carbons (Fsp3) is 0.214. The van der Waals surface area contributed by atoms with Crippen molar-refractivity contribution in [3.8, 4) is 11.8 Å². The first-order valence-corrected chi connectivity index (χ1v) is 7.00. The molecule has 0 atom stereocenters. The minimum Gasteiger partial charge on any atom is -0.487 e. The molecule has 106 valence electrons. The van der Waals surface area contributed by atoms with Crippen LogP contribution >= 0.6 is 23.2 Å². The Morgan fingerprint density at radius 2 is 2.10 bits per heavy atom.